The minimum atomic E-state index is -0.491. The van der Waals surface area contributed by atoms with E-state index in [1.807, 2.05) is 32.9 Å². The summed E-state index contributed by atoms with van der Waals surface area (Å²) in [7, 11) is 0. The molecule has 0 atom stereocenters. The first-order valence-electron chi connectivity index (χ1n) is 10.6. The number of hydrogen-bond acceptors (Lipinski definition) is 3. The Hall–Kier alpha value is -3.20. The Kier molecular flexibility index (Phi) is 6.45. The smallest absolute Gasteiger partial charge is 0.339 e. The summed E-state index contributed by atoms with van der Waals surface area (Å²) in [6.07, 6.45) is 0. The maximum atomic E-state index is 13.0. The number of ether oxygens (including phenoxy) is 1. The molecule has 0 unspecified atom stereocenters. The van der Waals surface area contributed by atoms with Crippen LogP contribution in [0.25, 0.3) is 0 Å². The van der Waals surface area contributed by atoms with Crippen molar-refractivity contribution in [1.82, 2.24) is 0 Å². The quantitative estimate of drug-likeness (QED) is 0.354. The van der Waals surface area contributed by atoms with Crippen molar-refractivity contribution >= 4 is 11.8 Å². The maximum absolute atomic E-state index is 13.0. The van der Waals surface area contributed by atoms with Crippen LogP contribution in [0.15, 0.2) is 60.7 Å². The summed E-state index contributed by atoms with van der Waals surface area (Å²) in [5.41, 5.74) is 6.78. The molecule has 0 aliphatic carbocycles. The van der Waals surface area contributed by atoms with Gasteiger partial charge in [-0.3, -0.25) is 4.79 Å². The fourth-order valence-electron chi connectivity index (χ4n) is 3.59. The lowest BCUT2D eigenvalue weighted by Crippen LogP contribution is -2.15. The molecule has 0 bridgehead atoms. The van der Waals surface area contributed by atoms with Crippen LogP contribution in [0.3, 0.4) is 0 Å². The van der Waals surface area contributed by atoms with E-state index in [9.17, 15) is 9.59 Å². The van der Waals surface area contributed by atoms with E-state index in [1.165, 1.54) is 5.56 Å². The molecule has 0 aliphatic heterocycles. The molecule has 3 nitrogen and oxygen atoms in total. The van der Waals surface area contributed by atoms with E-state index in [-0.39, 0.29) is 23.4 Å². The second kappa shape index (κ2) is 8.89. The van der Waals surface area contributed by atoms with Crippen molar-refractivity contribution in [3.05, 3.63) is 105 Å². The van der Waals surface area contributed by atoms with Crippen LogP contribution in [0.4, 0.5) is 0 Å². The zero-order valence-corrected chi connectivity index (χ0v) is 19.2. The van der Waals surface area contributed by atoms with Crippen molar-refractivity contribution in [3.8, 4) is 0 Å². The van der Waals surface area contributed by atoms with Gasteiger partial charge in [0, 0.05) is 11.1 Å². The summed E-state index contributed by atoms with van der Waals surface area (Å²) in [5.74, 6) is -0.677. The second-order valence-electron chi connectivity index (χ2n) is 9.16. The average molecular weight is 415 g/mol. The summed E-state index contributed by atoms with van der Waals surface area (Å²) in [6.45, 7) is 12.8. The minimum absolute atomic E-state index is 0.0556. The number of esters is 1. The van der Waals surface area contributed by atoms with Gasteiger partial charge in [0.1, 0.15) is 6.61 Å². The van der Waals surface area contributed by atoms with Crippen molar-refractivity contribution in [1.29, 1.82) is 0 Å². The zero-order chi connectivity index (χ0) is 22.8. The summed E-state index contributed by atoms with van der Waals surface area (Å²) < 4.78 is 5.66. The molecule has 0 heterocycles. The van der Waals surface area contributed by atoms with E-state index in [0.29, 0.717) is 11.1 Å². The Morgan fingerprint density at radius 1 is 0.806 bits per heavy atom. The first-order valence-corrected chi connectivity index (χ1v) is 10.6. The first kappa shape index (κ1) is 22.5. The lowest BCUT2D eigenvalue weighted by molar-refractivity contribution is 0.0469. The van der Waals surface area contributed by atoms with Gasteiger partial charge in [0.15, 0.2) is 5.78 Å². The van der Waals surface area contributed by atoms with E-state index in [1.54, 1.807) is 36.4 Å². The van der Waals surface area contributed by atoms with Gasteiger partial charge in [-0.05, 0) is 54.5 Å². The van der Waals surface area contributed by atoms with Crippen molar-refractivity contribution in [2.24, 2.45) is 0 Å². The van der Waals surface area contributed by atoms with Crippen LogP contribution in [-0.2, 0) is 16.8 Å². The topological polar surface area (TPSA) is 43.4 Å². The lowest BCUT2D eigenvalue weighted by atomic mass is 9.84. The number of hydrogen-bond donors (Lipinski definition) is 0. The van der Waals surface area contributed by atoms with Crippen LogP contribution in [-0.4, -0.2) is 11.8 Å². The van der Waals surface area contributed by atoms with E-state index in [0.717, 1.165) is 22.3 Å². The van der Waals surface area contributed by atoms with Crippen molar-refractivity contribution in [2.45, 2.75) is 53.6 Å². The maximum Gasteiger partial charge on any atom is 0.339 e. The van der Waals surface area contributed by atoms with Gasteiger partial charge in [-0.25, -0.2) is 4.79 Å². The van der Waals surface area contributed by atoms with Gasteiger partial charge >= 0.3 is 5.97 Å². The third-order valence-electron chi connectivity index (χ3n) is 5.62. The summed E-state index contributed by atoms with van der Waals surface area (Å²) in [5, 5.41) is 0. The Labute approximate surface area is 185 Å². The highest BCUT2D eigenvalue weighted by molar-refractivity contribution is 6.14. The molecule has 0 aliphatic rings. The molecule has 0 fully saturated rings. The fourth-order valence-corrected chi connectivity index (χ4v) is 3.59. The molecule has 0 saturated heterocycles. The Morgan fingerprint density at radius 2 is 1.35 bits per heavy atom. The van der Waals surface area contributed by atoms with Gasteiger partial charge in [0.05, 0.1) is 5.56 Å². The van der Waals surface area contributed by atoms with E-state index >= 15 is 0 Å². The van der Waals surface area contributed by atoms with Crippen LogP contribution in [0.1, 0.15) is 74.9 Å². The van der Waals surface area contributed by atoms with E-state index in [4.69, 9.17) is 4.74 Å². The van der Waals surface area contributed by atoms with Gasteiger partial charge in [0.2, 0.25) is 0 Å². The Balaban J connectivity index is 1.83. The van der Waals surface area contributed by atoms with Gasteiger partial charge < -0.3 is 4.74 Å². The summed E-state index contributed by atoms with van der Waals surface area (Å²) in [4.78, 5) is 25.9. The molecule has 3 aromatic carbocycles. The molecule has 3 rings (SSSR count). The molecule has 0 saturated carbocycles. The molecule has 0 spiro atoms. The zero-order valence-electron chi connectivity index (χ0n) is 19.2. The van der Waals surface area contributed by atoms with Crippen LogP contribution in [0.2, 0.25) is 0 Å². The standard InChI is InChI=1S/C28H30O3/c1-18-11-13-21(14-12-18)26(29)23-9-7-8-10-24(23)27(30)31-17-25-19(2)15-22(16-20(25)3)28(4,5)6/h7-16H,17H2,1-6H3. The van der Waals surface area contributed by atoms with Gasteiger partial charge in [-0.2, -0.15) is 0 Å². The normalized spacial score (nSPS) is 11.3. The first-order chi connectivity index (χ1) is 14.6. The van der Waals surface area contributed by atoms with Crippen LogP contribution in [0.5, 0.6) is 0 Å². The molecular formula is C28H30O3. The third kappa shape index (κ3) is 5.11. The van der Waals surface area contributed by atoms with Crippen LogP contribution < -0.4 is 0 Å². The monoisotopic (exact) mass is 414 g/mol. The van der Waals surface area contributed by atoms with Crippen molar-refractivity contribution in [3.63, 3.8) is 0 Å². The predicted molar refractivity (Wildman–Crippen MR) is 125 cm³/mol. The third-order valence-corrected chi connectivity index (χ3v) is 5.62. The molecule has 0 aromatic heterocycles. The van der Waals surface area contributed by atoms with Crippen LogP contribution >= 0.6 is 0 Å². The van der Waals surface area contributed by atoms with Crippen molar-refractivity contribution in [2.75, 3.05) is 0 Å². The average Bonchev–Trinajstić information content (AvgIpc) is 2.72. The number of carbonyl (C=O) groups excluding carboxylic acids is 2. The molecule has 3 heteroatoms. The Bertz CT molecular complexity index is 1090. The van der Waals surface area contributed by atoms with Gasteiger partial charge in [-0.1, -0.05) is 80.9 Å². The summed E-state index contributed by atoms with van der Waals surface area (Å²) in [6, 6.07) is 18.5. The molecular weight excluding hydrogens is 384 g/mol. The van der Waals surface area contributed by atoms with E-state index < -0.39 is 5.97 Å². The van der Waals surface area contributed by atoms with Gasteiger partial charge in [0.25, 0.3) is 0 Å². The fraction of sp³-hybridized carbons (Fsp3) is 0.286. The molecule has 0 radical (unpaired) electrons. The molecule has 0 amide bonds. The van der Waals surface area contributed by atoms with Gasteiger partial charge in [-0.15, -0.1) is 0 Å². The molecule has 31 heavy (non-hydrogen) atoms. The summed E-state index contributed by atoms with van der Waals surface area (Å²) >= 11 is 0. The number of carbonyl (C=O) groups is 2. The second-order valence-corrected chi connectivity index (χ2v) is 9.16. The van der Waals surface area contributed by atoms with E-state index in [2.05, 4.69) is 32.9 Å². The molecule has 0 N–H and O–H groups in total. The largest absolute Gasteiger partial charge is 0.457 e. The number of rotatable bonds is 5. The lowest BCUT2D eigenvalue weighted by Gasteiger charge is -2.22. The SMILES string of the molecule is Cc1ccc(C(=O)c2ccccc2C(=O)OCc2c(C)cc(C(C)(C)C)cc2C)cc1. The number of aryl methyl sites for hydroxylation is 3. The molecule has 160 valence electrons. The predicted octanol–water partition coefficient (Wildman–Crippen LogP) is 6.50. The highest BCUT2D eigenvalue weighted by atomic mass is 16.5. The highest BCUT2D eigenvalue weighted by Crippen LogP contribution is 2.27. The highest BCUT2D eigenvalue weighted by Gasteiger charge is 2.21. The number of ketones is 1. The van der Waals surface area contributed by atoms with Crippen LogP contribution in [0, 0.1) is 20.8 Å². The minimum Gasteiger partial charge on any atom is -0.457 e. The number of benzene rings is 3. The molecule has 3 aromatic rings. The Morgan fingerprint density at radius 3 is 1.90 bits per heavy atom. The van der Waals surface area contributed by atoms with Crippen molar-refractivity contribution < 1.29 is 14.3 Å².